The van der Waals surface area contributed by atoms with E-state index in [9.17, 15) is 8.42 Å². The van der Waals surface area contributed by atoms with Crippen LogP contribution in [0.5, 0.6) is 0 Å². The highest BCUT2D eigenvalue weighted by atomic mass is 32.2. The molecule has 9 heavy (non-hydrogen) atoms. The number of aliphatic hydroxyl groups excluding tert-OH is 1. The van der Waals surface area contributed by atoms with Crippen molar-refractivity contribution in [3.8, 4) is 0 Å². The van der Waals surface area contributed by atoms with E-state index in [1.807, 2.05) is 0 Å². The average molecular weight is 151 g/mol. The molecule has 0 spiro atoms. The average Bonchev–Trinajstić information content (AvgIpc) is 1.65. The van der Waals surface area contributed by atoms with Crippen molar-refractivity contribution >= 4 is 9.84 Å². The van der Waals surface area contributed by atoms with Crippen LogP contribution >= 0.6 is 0 Å². The van der Waals surface area contributed by atoms with E-state index in [4.69, 9.17) is 5.11 Å². The van der Waals surface area contributed by atoms with Crippen molar-refractivity contribution in [3.05, 3.63) is 6.92 Å². The van der Waals surface area contributed by atoms with Crippen molar-refractivity contribution in [2.24, 2.45) is 0 Å². The largest absolute Gasteiger partial charge is 0.377 e. The van der Waals surface area contributed by atoms with Crippen molar-refractivity contribution in [1.29, 1.82) is 0 Å². The predicted molar refractivity (Wildman–Crippen MR) is 35.4 cm³/mol. The van der Waals surface area contributed by atoms with Crippen molar-refractivity contribution in [1.82, 2.24) is 0 Å². The lowest BCUT2D eigenvalue weighted by Crippen LogP contribution is -2.25. The van der Waals surface area contributed by atoms with Gasteiger partial charge in [0.2, 0.25) is 0 Å². The zero-order valence-corrected chi connectivity index (χ0v) is 6.35. The molecule has 0 aromatic heterocycles. The quantitative estimate of drug-likeness (QED) is 0.602. The van der Waals surface area contributed by atoms with Gasteiger partial charge in [-0.05, 0) is 20.8 Å². The number of aliphatic hydroxyl groups is 1. The van der Waals surface area contributed by atoms with Crippen LogP contribution in [0.1, 0.15) is 13.8 Å². The standard InChI is InChI=1S/C5H11O3S/c1-4(2)9(7,8)5(3)6/h4-6H,3H2,1-2H3. The SMILES string of the molecule is [CH2]C(O)S(=O)(=O)C(C)C. The highest BCUT2D eigenvalue weighted by Gasteiger charge is 2.21. The van der Waals surface area contributed by atoms with E-state index >= 15 is 0 Å². The molecule has 1 radical (unpaired) electrons. The molecule has 0 fully saturated rings. The van der Waals surface area contributed by atoms with Gasteiger partial charge in [-0.2, -0.15) is 0 Å². The fourth-order valence-electron chi connectivity index (χ4n) is 0.314. The maximum atomic E-state index is 10.7. The molecule has 0 amide bonds. The zero-order chi connectivity index (χ0) is 7.65. The topological polar surface area (TPSA) is 54.4 Å². The van der Waals surface area contributed by atoms with Gasteiger partial charge >= 0.3 is 0 Å². The summed E-state index contributed by atoms with van der Waals surface area (Å²) in [6.45, 7) is 6.01. The lowest BCUT2D eigenvalue weighted by molar-refractivity contribution is 0.290. The van der Waals surface area contributed by atoms with Crippen LogP contribution in [-0.2, 0) is 9.84 Å². The number of hydrogen-bond donors (Lipinski definition) is 1. The van der Waals surface area contributed by atoms with Crippen molar-refractivity contribution in [2.45, 2.75) is 24.5 Å². The third-order valence-corrected chi connectivity index (χ3v) is 3.11. The third-order valence-electron chi connectivity index (χ3n) is 1.04. The van der Waals surface area contributed by atoms with Crippen LogP contribution in [0.3, 0.4) is 0 Å². The molecule has 0 heterocycles. The minimum atomic E-state index is -3.37. The van der Waals surface area contributed by atoms with Gasteiger partial charge in [0.15, 0.2) is 15.3 Å². The molecule has 4 heteroatoms. The van der Waals surface area contributed by atoms with Gasteiger partial charge < -0.3 is 5.11 Å². The Morgan fingerprint density at radius 3 is 1.78 bits per heavy atom. The van der Waals surface area contributed by atoms with Gasteiger partial charge in [0.1, 0.15) is 0 Å². The molecule has 0 aliphatic heterocycles. The van der Waals surface area contributed by atoms with E-state index in [-0.39, 0.29) is 0 Å². The molecule has 0 aromatic rings. The summed E-state index contributed by atoms with van der Waals surface area (Å²) in [6, 6.07) is 0. The maximum absolute atomic E-state index is 10.7. The second-order valence-electron chi connectivity index (χ2n) is 2.09. The maximum Gasteiger partial charge on any atom is 0.179 e. The Morgan fingerprint density at radius 2 is 1.78 bits per heavy atom. The number of rotatable bonds is 2. The minimum absolute atomic E-state index is 0.551. The molecule has 1 atom stereocenters. The molecule has 55 valence electrons. The third kappa shape index (κ3) is 1.95. The fraction of sp³-hybridized carbons (Fsp3) is 0.800. The van der Waals surface area contributed by atoms with Crippen LogP contribution in [0.15, 0.2) is 0 Å². The Hall–Kier alpha value is -0.0900. The van der Waals surface area contributed by atoms with Gasteiger partial charge in [0.25, 0.3) is 0 Å². The van der Waals surface area contributed by atoms with E-state index in [1.165, 1.54) is 13.8 Å². The second-order valence-corrected chi connectivity index (χ2v) is 4.76. The lowest BCUT2D eigenvalue weighted by atomic mass is 10.6. The molecular formula is C5H11O3S. The van der Waals surface area contributed by atoms with Gasteiger partial charge in [-0.25, -0.2) is 8.42 Å². The molecule has 0 aliphatic rings. The molecule has 0 aliphatic carbocycles. The molecular weight excluding hydrogens is 140 g/mol. The first kappa shape index (κ1) is 8.91. The second kappa shape index (κ2) is 2.66. The molecule has 0 aromatic carbocycles. The van der Waals surface area contributed by atoms with Gasteiger partial charge in [0.05, 0.1) is 5.25 Å². The van der Waals surface area contributed by atoms with Crippen molar-refractivity contribution in [3.63, 3.8) is 0 Å². The smallest absolute Gasteiger partial charge is 0.179 e. The molecule has 1 unspecified atom stereocenters. The van der Waals surface area contributed by atoms with Gasteiger partial charge in [0, 0.05) is 0 Å². The number of sulfone groups is 1. The molecule has 3 nitrogen and oxygen atoms in total. The molecule has 0 saturated heterocycles. The first-order valence-corrected chi connectivity index (χ1v) is 4.24. The zero-order valence-electron chi connectivity index (χ0n) is 5.53. The Balaban J connectivity index is 4.42. The minimum Gasteiger partial charge on any atom is -0.377 e. The van der Waals surface area contributed by atoms with E-state index in [1.54, 1.807) is 0 Å². The predicted octanol–water partition coefficient (Wildman–Crippen LogP) is -0.0379. The van der Waals surface area contributed by atoms with Crippen LogP contribution in [-0.4, -0.2) is 24.2 Å². The molecule has 0 rings (SSSR count). The van der Waals surface area contributed by atoms with Crippen molar-refractivity contribution in [2.75, 3.05) is 0 Å². The summed E-state index contributed by atoms with van der Waals surface area (Å²) in [5.74, 6) is 0. The monoisotopic (exact) mass is 151 g/mol. The highest BCUT2D eigenvalue weighted by molar-refractivity contribution is 7.92. The summed E-state index contributed by atoms with van der Waals surface area (Å²) in [4.78, 5) is 0. The van der Waals surface area contributed by atoms with Crippen LogP contribution in [0.25, 0.3) is 0 Å². The van der Waals surface area contributed by atoms with E-state index in [0.29, 0.717) is 0 Å². The van der Waals surface area contributed by atoms with E-state index < -0.39 is 20.5 Å². The Labute approximate surface area is 55.6 Å². The summed E-state index contributed by atoms with van der Waals surface area (Å²) in [6.07, 6.45) is 0. The molecule has 1 N–H and O–H groups in total. The first-order chi connectivity index (χ1) is 3.89. The summed E-state index contributed by atoms with van der Waals surface area (Å²) >= 11 is 0. The highest BCUT2D eigenvalue weighted by Crippen LogP contribution is 2.04. The van der Waals surface area contributed by atoms with Crippen LogP contribution < -0.4 is 0 Å². The Morgan fingerprint density at radius 1 is 1.44 bits per heavy atom. The summed E-state index contributed by atoms with van der Waals surface area (Å²) < 4.78 is 21.4. The van der Waals surface area contributed by atoms with E-state index in [0.717, 1.165) is 0 Å². The molecule has 0 saturated carbocycles. The Kier molecular flexibility index (Phi) is 2.64. The lowest BCUT2D eigenvalue weighted by Gasteiger charge is -2.08. The number of hydrogen-bond acceptors (Lipinski definition) is 3. The van der Waals surface area contributed by atoms with Gasteiger partial charge in [-0.15, -0.1) is 0 Å². The van der Waals surface area contributed by atoms with Gasteiger partial charge in [-0.1, -0.05) is 0 Å². The summed E-state index contributed by atoms with van der Waals surface area (Å²) in [5.41, 5.74) is -1.49. The first-order valence-electron chi connectivity index (χ1n) is 2.63. The normalized spacial score (nSPS) is 16.1. The summed E-state index contributed by atoms with van der Waals surface area (Å²) in [7, 11) is -3.37. The van der Waals surface area contributed by atoms with Crippen LogP contribution in [0, 0.1) is 6.92 Å². The summed E-state index contributed by atoms with van der Waals surface area (Å²) in [5, 5.41) is 8.00. The van der Waals surface area contributed by atoms with Crippen molar-refractivity contribution < 1.29 is 13.5 Å². The molecule has 0 bridgehead atoms. The van der Waals surface area contributed by atoms with Crippen LogP contribution in [0.4, 0.5) is 0 Å². The van der Waals surface area contributed by atoms with E-state index in [2.05, 4.69) is 6.92 Å². The van der Waals surface area contributed by atoms with Crippen LogP contribution in [0.2, 0.25) is 0 Å². The fourth-order valence-corrected chi connectivity index (χ4v) is 0.942. The van der Waals surface area contributed by atoms with Gasteiger partial charge in [-0.3, -0.25) is 0 Å². The Bertz CT molecular complexity index is 153.